The molecule has 6 nitrogen and oxygen atoms in total. The van der Waals surface area contributed by atoms with Gasteiger partial charge in [0, 0.05) is 43.0 Å². The molecule has 1 unspecified atom stereocenters. The Bertz CT molecular complexity index is 1010. The van der Waals surface area contributed by atoms with Gasteiger partial charge in [-0.05, 0) is 48.6 Å². The molecule has 4 rings (SSSR count). The zero-order valence-corrected chi connectivity index (χ0v) is 17.4. The number of benzene rings is 2. The maximum atomic E-state index is 14.2. The third-order valence-electron chi connectivity index (χ3n) is 5.37. The number of hydrogen-bond donors (Lipinski definition) is 3. The number of aryl methyl sites for hydroxylation is 1. The fraction of sp³-hybridized carbons (Fsp3) is 0.364. The number of nitrogens with one attached hydrogen (secondary N) is 2. The number of fused-ring (bicyclic) bond motifs is 1. The second-order valence-electron chi connectivity index (χ2n) is 7.64. The number of amides is 2. The number of carboxylic acids is 1. The molecule has 0 radical (unpaired) electrons. The number of halogens is 5. The summed E-state index contributed by atoms with van der Waals surface area (Å²) in [6.07, 6.45) is -2.62. The molecule has 1 heterocycles. The predicted octanol–water partition coefficient (Wildman–Crippen LogP) is 4.29. The van der Waals surface area contributed by atoms with Crippen molar-refractivity contribution in [2.75, 3.05) is 18.0 Å². The number of nitrogens with zero attached hydrogens (tertiary/aromatic N) is 1. The molecule has 0 bridgehead atoms. The zero-order valence-electron chi connectivity index (χ0n) is 17.4. The molecule has 1 atom stereocenters. The van der Waals surface area contributed by atoms with Crippen molar-refractivity contribution in [1.29, 1.82) is 0 Å². The fourth-order valence-electron chi connectivity index (χ4n) is 3.83. The van der Waals surface area contributed by atoms with Crippen LogP contribution in [0.15, 0.2) is 36.4 Å². The minimum absolute atomic E-state index is 0.0719. The van der Waals surface area contributed by atoms with Crippen molar-refractivity contribution in [1.82, 2.24) is 10.6 Å². The highest BCUT2D eigenvalue weighted by atomic mass is 19.4. The molecule has 3 N–H and O–H groups in total. The van der Waals surface area contributed by atoms with Crippen LogP contribution in [0.2, 0.25) is 0 Å². The standard InChI is InChI=1S/C20H21F2N3O.C2HF3O2/c21-15-10-14-2-1-3-18(19(14)17(22)11-15)24-12-13-4-6-16(7-5-13)25-9-8-23-20(25)26;3-2(4,5)1(6)7/h4-7,10-11,18,24H,1-3,8-9,12H2,(H,23,26);(H,6,7). The van der Waals surface area contributed by atoms with Gasteiger partial charge >= 0.3 is 18.2 Å². The summed E-state index contributed by atoms with van der Waals surface area (Å²) in [6, 6.07) is 10.0. The molecular weight excluding hydrogens is 449 g/mol. The van der Waals surface area contributed by atoms with E-state index in [1.165, 1.54) is 6.07 Å². The monoisotopic (exact) mass is 471 g/mol. The second kappa shape index (κ2) is 10.2. The molecule has 0 aromatic heterocycles. The van der Waals surface area contributed by atoms with Gasteiger partial charge in [-0.25, -0.2) is 18.4 Å². The van der Waals surface area contributed by atoms with E-state index in [-0.39, 0.29) is 12.1 Å². The van der Waals surface area contributed by atoms with Crippen molar-refractivity contribution >= 4 is 17.7 Å². The van der Waals surface area contributed by atoms with Crippen LogP contribution in [0.1, 0.15) is 35.6 Å². The number of aliphatic carboxylic acids is 1. The summed E-state index contributed by atoms with van der Waals surface area (Å²) in [6.45, 7) is 1.92. The number of carbonyl (C=O) groups is 2. The van der Waals surface area contributed by atoms with Gasteiger partial charge in [-0.3, -0.25) is 4.90 Å². The molecule has 2 aromatic rings. The van der Waals surface area contributed by atoms with E-state index in [2.05, 4.69) is 10.6 Å². The second-order valence-corrected chi connectivity index (χ2v) is 7.64. The summed E-state index contributed by atoms with van der Waals surface area (Å²) in [5.41, 5.74) is 3.29. The minimum Gasteiger partial charge on any atom is -0.475 e. The first-order chi connectivity index (χ1) is 15.6. The molecule has 1 saturated heterocycles. The molecule has 2 aromatic carbocycles. The van der Waals surface area contributed by atoms with Crippen molar-refractivity contribution in [2.45, 2.75) is 38.0 Å². The minimum atomic E-state index is -5.08. The number of anilines is 1. The lowest BCUT2D eigenvalue weighted by molar-refractivity contribution is -0.192. The Labute approximate surface area is 186 Å². The number of carbonyl (C=O) groups excluding carboxylic acids is 1. The average Bonchev–Trinajstić information content (AvgIpc) is 3.18. The fourth-order valence-corrected chi connectivity index (χ4v) is 3.83. The Balaban J connectivity index is 0.000000383. The van der Waals surface area contributed by atoms with E-state index in [0.717, 1.165) is 42.1 Å². The van der Waals surface area contributed by atoms with Gasteiger partial charge in [0.05, 0.1) is 0 Å². The molecule has 1 aliphatic carbocycles. The summed E-state index contributed by atoms with van der Waals surface area (Å²) >= 11 is 0. The summed E-state index contributed by atoms with van der Waals surface area (Å²) in [7, 11) is 0. The lowest BCUT2D eigenvalue weighted by atomic mass is 9.87. The maximum Gasteiger partial charge on any atom is 0.490 e. The molecular formula is C22H22F5N3O3. The SMILES string of the molecule is O=C(O)C(F)(F)F.O=C1NCCN1c1ccc(CNC2CCCc3cc(F)cc(F)c32)cc1. The Hall–Kier alpha value is -3.21. The summed E-state index contributed by atoms with van der Waals surface area (Å²) in [4.78, 5) is 22.3. The summed E-state index contributed by atoms with van der Waals surface area (Å²) in [5, 5.41) is 13.3. The van der Waals surface area contributed by atoms with E-state index in [1.807, 2.05) is 24.3 Å². The summed E-state index contributed by atoms with van der Waals surface area (Å²) in [5.74, 6) is -3.73. The van der Waals surface area contributed by atoms with Gasteiger partial charge in [-0.1, -0.05) is 12.1 Å². The van der Waals surface area contributed by atoms with E-state index < -0.39 is 23.8 Å². The topological polar surface area (TPSA) is 81.7 Å². The maximum absolute atomic E-state index is 14.2. The van der Waals surface area contributed by atoms with E-state index in [4.69, 9.17) is 9.90 Å². The number of urea groups is 1. The van der Waals surface area contributed by atoms with Crippen LogP contribution in [0.25, 0.3) is 0 Å². The quantitative estimate of drug-likeness (QED) is 0.581. The number of alkyl halides is 3. The largest absolute Gasteiger partial charge is 0.490 e. The number of rotatable bonds is 4. The van der Waals surface area contributed by atoms with Gasteiger partial charge in [0.1, 0.15) is 11.6 Å². The first-order valence-corrected chi connectivity index (χ1v) is 10.2. The Morgan fingerprint density at radius 1 is 1.18 bits per heavy atom. The van der Waals surface area contributed by atoms with Crippen molar-refractivity contribution in [3.8, 4) is 0 Å². The van der Waals surface area contributed by atoms with Crippen LogP contribution in [-0.4, -0.2) is 36.4 Å². The van der Waals surface area contributed by atoms with Crippen LogP contribution in [-0.2, 0) is 17.8 Å². The van der Waals surface area contributed by atoms with Crippen LogP contribution in [0.3, 0.4) is 0 Å². The first kappa shape index (κ1) is 24.4. The molecule has 1 aliphatic heterocycles. The predicted molar refractivity (Wildman–Crippen MR) is 110 cm³/mol. The van der Waals surface area contributed by atoms with Crippen molar-refractivity contribution < 1.29 is 36.6 Å². The lowest BCUT2D eigenvalue weighted by Gasteiger charge is -2.27. The molecule has 33 heavy (non-hydrogen) atoms. The van der Waals surface area contributed by atoms with E-state index in [9.17, 15) is 26.7 Å². The van der Waals surface area contributed by atoms with Crippen LogP contribution >= 0.6 is 0 Å². The summed E-state index contributed by atoms with van der Waals surface area (Å²) < 4.78 is 59.4. The molecule has 1 fully saturated rings. The van der Waals surface area contributed by atoms with Gasteiger partial charge in [0.2, 0.25) is 0 Å². The van der Waals surface area contributed by atoms with Crippen LogP contribution in [0, 0.1) is 11.6 Å². The van der Waals surface area contributed by atoms with E-state index in [0.29, 0.717) is 25.2 Å². The zero-order chi connectivity index (χ0) is 24.2. The Kier molecular flexibility index (Phi) is 7.52. The highest BCUT2D eigenvalue weighted by Gasteiger charge is 2.38. The Morgan fingerprint density at radius 3 is 2.42 bits per heavy atom. The van der Waals surface area contributed by atoms with Crippen molar-refractivity contribution in [3.05, 3.63) is 64.7 Å². The van der Waals surface area contributed by atoms with Gasteiger partial charge in [-0.2, -0.15) is 13.2 Å². The molecule has 2 aliphatic rings. The number of carboxylic acid groups (broad SMARTS) is 1. The molecule has 178 valence electrons. The van der Waals surface area contributed by atoms with E-state index >= 15 is 0 Å². The van der Waals surface area contributed by atoms with Crippen molar-refractivity contribution in [2.24, 2.45) is 0 Å². The van der Waals surface area contributed by atoms with Crippen LogP contribution in [0.4, 0.5) is 32.4 Å². The highest BCUT2D eigenvalue weighted by Crippen LogP contribution is 2.32. The molecule has 0 saturated carbocycles. The van der Waals surface area contributed by atoms with Gasteiger partial charge in [-0.15, -0.1) is 0 Å². The van der Waals surface area contributed by atoms with Crippen molar-refractivity contribution in [3.63, 3.8) is 0 Å². The Morgan fingerprint density at radius 2 is 1.85 bits per heavy atom. The van der Waals surface area contributed by atoms with Gasteiger partial charge < -0.3 is 15.7 Å². The third kappa shape index (κ3) is 6.19. The van der Waals surface area contributed by atoms with Gasteiger partial charge in [0.15, 0.2) is 0 Å². The lowest BCUT2D eigenvalue weighted by Crippen LogP contribution is -2.28. The van der Waals surface area contributed by atoms with Gasteiger partial charge in [0.25, 0.3) is 0 Å². The normalized spacial score (nSPS) is 17.7. The molecule has 11 heteroatoms. The third-order valence-corrected chi connectivity index (χ3v) is 5.37. The molecule has 0 spiro atoms. The molecule has 2 amide bonds. The first-order valence-electron chi connectivity index (χ1n) is 10.2. The van der Waals surface area contributed by atoms with Crippen LogP contribution in [0.5, 0.6) is 0 Å². The number of hydrogen-bond acceptors (Lipinski definition) is 3. The average molecular weight is 471 g/mol. The van der Waals surface area contributed by atoms with E-state index in [1.54, 1.807) is 4.90 Å². The highest BCUT2D eigenvalue weighted by molar-refractivity contribution is 5.93. The van der Waals surface area contributed by atoms with Crippen LogP contribution < -0.4 is 15.5 Å². The smallest absolute Gasteiger partial charge is 0.475 e.